The molecule has 1 fully saturated rings. The van der Waals surface area contributed by atoms with Crippen LogP contribution in [0.5, 0.6) is 0 Å². The fraction of sp³-hybridized carbons (Fsp3) is 0.407. The number of para-hydroxylation sites is 1. The van der Waals surface area contributed by atoms with Gasteiger partial charge in [0.2, 0.25) is 0 Å². The summed E-state index contributed by atoms with van der Waals surface area (Å²) in [5, 5.41) is 5.11. The highest BCUT2D eigenvalue weighted by atomic mass is 32.1. The first kappa shape index (κ1) is 24.4. The Morgan fingerprint density at radius 3 is 2.71 bits per heavy atom. The highest BCUT2D eigenvalue weighted by Gasteiger charge is 2.16. The van der Waals surface area contributed by atoms with Crippen LogP contribution in [0, 0.1) is 20.8 Å². The maximum atomic E-state index is 13.0. The second-order valence-electron chi connectivity index (χ2n) is 9.14. The van der Waals surface area contributed by atoms with E-state index in [4.69, 9.17) is 17.0 Å². The summed E-state index contributed by atoms with van der Waals surface area (Å²) in [6.07, 6.45) is 0.958. The molecule has 1 saturated heterocycles. The molecule has 2 aromatic carbocycles. The fourth-order valence-electron chi connectivity index (χ4n) is 4.38. The summed E-state index contributed by atoms with van der Waals surface area (Å²) in [6.45, 7) is 11.9. The van der Waals surface area contributed by atoms with Crippen molar-refractivity contribution < 1.29 is 4.74 Å². The van der Waals surface area contributed by atoms with Crippen LogP contribution in [0.2, 0.25) is 0 Å². The van der Waals surface area contributed by atoms with Crippen molar-refractivity contribution in [2.45, 2.75) is 33.7 Å². The Hall–Kier alpha value is -2.74. The normalized spacial score (nSPS) is 14.3. The highest BCUT2D eigenvalue weighted by molar-refractivity contribution is 7.80. The van der Waals surface area contributed by atoms with Crippen molar-refractivity contribution in [3.8, 4) is 0 Å². The summed E-state index contributed by atoms with van der Waals surface area (Å²) >= 11 is 5.86. The molecule has 0 spiro atoms. The number of benzene rings is 2. The molecule has 2 heterocycles. The summed E-state index contributed by atoms with van der Waals surface area (Å²) in [5.74, 6) is 0. The number of H-pyrrole nitrogens is 1. The molecule has 0 radical (unpaired) electrons. The van der Waals surface area contributed by atoms with Crippen LogP contribution in [0.1, 0.15) is 28.7 Å². The number of anilines is 1. The first-order valence-electron chi connectivity index (χ1n) is 12.0. The second kappa shape index (κ2) is 11.1. The third-order valence-electron chi connectivity index (χ3n) is 6.45. The summed E-state index contributed by atoms with van der Waals surface area (Å²) < 4.78 is 5.47. The number of aromatic amines is 1. The molecule has 2 N–H and O–H groups in total. The summed E-state index contributed by atoms with van der Waals surface area (Å²) in [7, 11) is 0. The Bertz CT molecular complexity index is 1220. The zero-order chi connectivity index (χ0) is 24.1. The molecule has 0 amide bonds. The van der Waals surface area contributed by atoms with Gasteiger partial charge in [-0.05, 0) is 73.6 Å². The molecule has 0 aliphatic carbocycles. The summed E-state index contributed by atoms with van der Waals surface area (Å²) in [6, 6.07) is 14.4. The van der Waals surface area contributed by atoms with Gasteiger partial charge < -0.3 is 19.9 Å². The molecule has 1 aliphatic rings. The zero-order valence-corrected chi connectivity index (χ0v) is 21.1. The lowest BCUT2D eigenvalue weighted by Gasteiger charge is -2.30. The average Bonchev–Trinajstić information content (AvgIpc) is 2.82. The van der Waals surface area contributed by atoms with E-state index < -0.39 is 0 Å². The molecule has 7 heteroatoms. The SMILES string of the molecule is Cc1ccc(C)c(NC(=S)N(CCCN2CCOCC2)Cc2cc3cccc(C)c3[nH]c2=O)c1. The molecular formula is C27H34N4O2S. The van der Waals surface area contributed by atoms with E-state index in [1.807, 2.05) is 31.2 Å². The monoisotopic (exact) mass is 478 g/mol. The zero-order valence-electron chi connectivity index (χ0n) is 20.3. The Balaban J connectivity index is 1.54. The number of ether oxygens (including phenoxy) is 1. The van der Waals surface area contributed by atoms with Crippen molar-refractivity contribution in [1.29, 1.82) is 0 Å². The van der Waals surface area contributed by atoms with E-state index in [1.165, 1.54) is 5.56 Å². The van der Waals surface area contributed by atoms with E-state index in [0.717, 1.165) is 79.1 Å². The van der Waals surface area contributed by atoms with Crippen LogP contribution >= 0.6 is 12.2 Å². The number of fused-ring (bicyclic) bond motifs is 1. The minimum absolute atomic E-state index is 0.0606. The number of morpholine rings is 1. The lowest BCUT2D eigenvalue weighted by molar-refractivity contribution is 0.0367. The number of aromatic nitrogens is 1. The van der Waals surface area contributed by atoms with Gasteiger partial charge in [-0.3, -0.25) is 9.69 Å². The van der Waals surface area contributed by atoms with E-state index in [-0.39, 0.29) is 5.56 Å². The maximum Gasteiger partial charge on any atom is 0.253 e. The Kier molecular flexibility index (Phi) is 7.98. The van der Waals surface area contributed by atoms with Gasteiger partial charge >= 0.3 is 0 Å². The smallest absolute Gasteiger partial charge is 0.253 e. The Labute approximate surface area is 206 Å². The topological polar surface area (TPSA) is 60.6 Å². The molecule has 1 aromatic heterocycles. The number of aryl methyl sites for hydroxylation is 3. The number of hydrogen-bond donors (Lipinski definition) is 2. The first-order chi connectivity index (χ1) is 16.4. The molecule has 0 saturated carbocycles. The van der Waals surface area contributed by atoms with Crippen molar-refractivity contribution in [3.05, 3.63) is 75.1 Å². The van der Waals surface area contributed by atoms with Gasteiger partial charge in [-0.1, -0.05) is 30.3 Å². The van der Waals surface area contributed by atoms with E-state index >= 15 is 0 Å². The minimum Gasteiger partial charge on any atom is -0.379 e. The third kappa shape index (κ3) is 6.03. The molecule has 34 heavy (non-hydrogen) atoms. The van der Waals surface area contributed by atoms with Gasteiger partial charge in [0, 0.05) is 37.4 Å². The third-order valence-corrected chi connectivity index (χ3v) is 6.81. The van der Waals surface area contributed by atoms with Gasteiger partial charge in [0.25, 0.3) is 5.56 Å². The highest BCUT2D eigenvalue weighted by Crippen LogP contribution is 2.19. The molecule has 0 atom stereocenters. The number of hydrogen-bond acceptors (Lipinski definition) is 4. The van der Waals surface area contributed by atoms with Crippen LogP contribution in [0.4, 0.5) is 5.69 Å². The summed E-state index contributed by atoms with van der Waals surface area (Å²) in [5.41, 5.74) is 5.94. The minimum atomic E-state index is -0.0606. The molecule has 4 rings (SSSR count). The van der Waals surface area contributed by atoms with Crippen LogP contribution < -0.4 is 10.9 Å². The van der Waals surface area contributed by atoms with Gasteiger partial charge in [-0.25, -0.2) is 0 Å². The Morgan fingerprint density at radius 2 is 1.91 bits per heavy atom. The lowest BCUT2D eigenvalue weighted by Crippen LogP contribution is -2.40. The standard InChI is InChI=1S/C27H34N4O2S/c1-19-8-9-20(2)24(16-19)28-27(34)31(11-5-10-30-12-14-33-15-13-30)18-23-17-22-7-4-6-21(3)25(22)29-26(23)32/h4,6-9,16-17H,5,10-15,18H2,1-3H3,(H,28,34)(H,29,32). The summed E-state index contributed by atoms with van der Waals surface area (Å²) in [4.78, 5) is 20.6. The number of nitrogens with zero attached hydrogens (tertiary/aromatic N) is 2. The van der Waals surface area contributed by atoms with Crippen molar-refractivity contribution in [2.75, 3.05) is 44.7 Å². The largest absolute Gasteiger partial charge is 0.379 e. The van der Waals surface area contributed by atoms with Crippen molar-refractivity contribution in [1.82, 2.24) is 14.8 Å². The first-order valence-corrected chi connectivity index (χ1v) is 12.4. The quantitative estimate of drug-likeness (QED) is 0.492. The van der Waals surface area contributed by atoms with Crippen molar-refractivity contribution in [2.24, 2.45) is 0 Å². The molecule has 1 aliphatic heterocycles. The van der Waals surface area contributed by atoms with Crippen molar-refractivity contribution >= 4 is 33.9 Å². The Morgan fingerprint density at radius 1 is 1.12 bits per heavy atom. The van der Waals surface area contributed by atoms with Gasteiger partial charge in [0.05, 0.1) is 25.3 Å². The second-order valence-corrected chi connectivity index (χ2v) is 9.53. The molecular weight excluding hydrogens is 444 g/mol. The van der Waals surface area contributed by atoms with Crippen LogP contribution in [-0.4, -0.2) is 59.3 Å². The molecule has 6 nitrogen and oxygen atoms in total. The number of rotatable bonds is 7. The maximum absolute atomic E-state index is 13.0. The van der Waals surface area contributed by atoms with Gasteiger partial charge in [0.15, 0.2) is 5.11 Å². The van der Waals surface area contributed by atoms with E-state index in [2.05, 4.69) is 52.1 Å². The van der Waals surface area contributed by atoms with Crippen LogP contribution in [0.3, 0.4) is 0 Å². The lowest BCUT2D eigenvalue weighted by atomic mass is 10.1. The average molecular weight is 479 g/mol. The van der Waals surface area contributed by atoms with E-state index in [1.54, 1.807) is 0 Å². The van der Waals surface area contributed by atoms with Gasteiger partial charge in [-0.2, -0.15) is 0 Å². The number of thiocarbonyl (C=S) groups is 1. The fourth-order valence-corrected chi connectivity index (χ4v) is 4.64. The van der Waals surface area contributed by atoms with Crippen LogP contribution in [0.25, 0.3) is 10.9 Å². The number of pyridine rings is 1. The molecule has 3 aromatic rings. The van der Waals surface area contributed by atoms with Gasteiger partial charge in [-0.15, -0.1) is 0 Å². The predicted octanol–water partition coefficient (Wildman–Crippen LogP) is 4.37. The van der Waals surface area contributed by atoms with Crippen LogP contribution in [0.15, 0.2) is 47.3 Å². The van der Waals surface area contributed by atoms with Gasteiger partial charge in [0.1, 0.15) is 0 Å². The van der Waals surface area contributed by atoms with Crippen molar-refractivity contribution in [3.63, 3.8) is 0 Å². The predicted molar refractivity (Wildman–Crippen MR) is 144 cm³/mol. The van der Waals surface area contributed by atoms with E-state index in [9.17, 15) is 4.79 Å². The van der Waals surface area contributed by atoms with E-state index in [0.29, 0.717) is 11.7 Å². The van der Waals surface area contributed by atoms with Crippen LogP contribution in [-0.2, 0) is 11.3 Å². The molecule has 0 bridgehead atoms. The number of nitrogens with one attached hydrogen (secondary N) is 2. The molecule has 180 valence electrons. The molecule has 0 unspecified atom stereocenters.